The molecule has 7 nitrogen and oxygen atoms in total. The van der Waals surface area contributed by atoms with Crippen molar-refractivity contribution < 1.29 is 10.0 Å². The van der Waals surface area contributed by atoms with E-state index in [1.807, 2.05) is 6.92 Å². The molecule has 7 heteroatoms. The van der Waals surface area contributed by atoms with Gasteiger partial charge in [0.2, 0.25) is 5.82 Å². The zero-order valence-corrected chi connectivity index (χ0v) is 11.3. The molecule has 1 unspecified atom stereocenters. The van der Waals surface area contributed by atoms with Crippen molar-refractivity contribution in [1.82, 2.24) is 9.78 Å². The van der Waals surface area contributed by atoms with Crippen molar-refractivity contribution in [2.75, 3.05) is 18.5 Å². The zero-order chi connectivity index (χ0) is 13.9. The van der Waals surface area contributed by atoms with Crippen LogP contribution in [0.25, 0.3) is 0 Å². The van der Waals surface area contributed by atoms with Crippen LogP contribution in [0.15, 0.2) is 0 Å². The number of aliphatic hydroxyl groups is 1. The Balaban J connectivity index is 3.22. The third-order valence-corrected chi connectivity index (χ3v) is 2.59. The van der Waals surface area contributed by atoms with Crippen LogP contribution in [0.4, 0.5) is 11.5 Å². The van der Waals surface area contributed by atoms with Gasteiger partial charge in [0.15, 0.2) is 0 Å². The van der Waals surface area contributed by atoms with Crippen LogP contribution in [0.1, 0.15) is 26.0 Å². The molecule has 1 N–H and O–H groups in total. The monoisotopic (exact) mass is 256 g/mol. The number of hydrogen-bond donors (Lipinski definition) is 1. The Morgan fingerprint density at radius 1 is 1.61 bits per heavy atom. The molecule has 1 atom stereocenters. The number of aromatic nitrogens is 2. The predicted molar refractivity (Wildman–Crippen MR) is 68.9 cm³/mol. The van der Waals surface area contributed by atoms with Crippen LogP contribution in [0.3, 0.4) is 0 Å². The molecule has 0 saturated heterocycles. The number of nitro groups is 1. The molecule has 0 bridgehead atoms. The molecule has 0 fully saturated rings. The smallest absolute Gasteiger partial charge is 0.333 e. The van der Waals surface area contributed by atoms with Gasteiger partial charge in [-0.25, -0.2) is 4.68 Å². The summed E-state index contributed by atoms with van der Waals surface area (Å²) < 4.78 is 1.63. The zero-order valence-electron chi connectivity index (χ0n) is 11.3. The first kappa shape index (κ1) is 14.4. The molecule has 0 aliphatic heterocycles. The van der Waals surface area contributed by atoms with E-state index < -0.39 is 11.0 Å². The van der Waals surface area contributed by atoms with Crippen molar-refractivity contribution in [1.29, 1.82) is 0 Å². The first-order chi connectivity index (χ1) is 8.38. The Bertz CT molecular complexity index is 428. The second-order valence-electron chi connectivity index (χ2n) is 4.47. The molecule has 1 rings (SSSR count). The lowest BCUT2D eigenvalue weighted by Gasteiger charge is -2.20. The maximum Gasteiger partial charge on any atom is 0.333 e. The van der Waals surface area contributed by atoms with Gasteiger partial charge in [0.1, 0.15) is 5.69 Å². The third kappa shape index (κ3) is 2.98. The van der Waals surface area contributed by atoms with E-state index in [0.29, 0.717) is 24.6 Å². The Labute approximate surface area is 106 Å². The summed E-state index contributed by atoms with van der Waals surface area (Å²) >= 11 is 0. The highest BCUT2D eigenvalue weighted by atomic mass is 16.6. The number of nitrogens with zero attached hydrogens (tertiary/aromatic N) is 4. The van der Waals surface area contributed by atoms with Gasteiger partial charge in [0.25, 0.3) is 0 Å². The molecular formula is C11H20N4O3. The fourth-order valence-corrected chi connectivity index (χ4v) is 2.00. The van der Waals surface area contributed by atoms with E-state index in [4.69, 9.17) is 0 Å². The number of aliphatic hydroxyl groups excluding tert-OH is 1. The highest BCUT2D eigenvalue weighted by Crippen LogP contribution is 2.31. The van der Waals surface area contributed by atoms with Crippen molar-refractivity contribution >= 4 is 11.5 Å². The van der Waals surface area contributed by atoms with E-state index in [0.717, 1.165) is 6.42 Å². The van der Waals surface area contributed by atoms with Gasteiger partial charge in [-0.05, 0) is 20.3 Å². The molecule has 0 aliphatic rings. The van der Waals surface area contributed by atoms with Crippen LogP contribution in [0.2, 0.25) is 0 Å². The van der Waals surface area contributed by atoms with Crippen molar-refractivity contribution in [3.05, 3.63) is 15.8 Å². The number of anilines is 1. The van der Waals surface area contributed by atoms with E-state index >= 15 is 0 Å². The summed E-state index contributed by atoms with van der Waals surface area (Å²) in [6, 6.07) is 0. The van der Waals surface area contributed by atoms with Gasteiger partial charge in [-0.3, -0.25) is 10.1 Å². The SMILES string of the molecule is CCCn1nc(C)c([N+](=O)[O-])c1N(C)CC(C)O. The maximum atomic E-state index is 11.1. The quantitative estimate of drug-likeness (QED) is 0.613. The molecule has 0 spiro atoms. The first-order valence-electron chi connectivity index (χ1n) is 5.99. The van der Waals surface area contributed by atoms with Crippen LogP contribution in [-0.4, -0.2) is 39.5 Å². The minimum absolute atomic E-state index is 0.0200. The van der Waals surface area contributed by atoms with Crippen LogP contribution < -0.4 is 4.90 Å². The molecule has 1 heterocycles. The lowest BCUT2D eigenvalue weighted by Crippen LogP contribution is -2.29. The molecule has 0 aromatic carbocycles. The van der Waals surface area contributed by atoms with Gasteiger partial charge in [-0.2, -0.15) is 5.10 Å². The van der Waals surface area contributed by atoms with Crippen molar-refractivity contribution in [2.24, 2.45) is 0 Å². The van der Waals surface area contributed by atoms with Gasteiger partial charge in [0, 0.05) is 20.1 Å². The fourth-order valence-electron chi connectivity index (χ4n) is 2.00. The van der Waals surface area contributed by atoms with Crippen LogP contribution in [0.5, 0.6) is 0 Å². The standard InChI is InChI=1S/C11H20N4O3/c1-5-6-14-11(13(4)7-8(2)16)10(15(17)18)9(3)12-14/h8,16H,5-7H2,1-4H3. The summed E-state index contributed by atoms with van der Waals surface area (Å²) in [4.78, 5) is 12.4. The number of hydrogen-bond acceptors (Lipinski definition) is 5. The van der Waals surface area contributed by atoms with Gasteiger partial charge in [-0.15, -0.1) is 0 Å². The third-order valence-electron chi connectivity index (χ3n) is 2.59. The van der Waals surface area contributed by atoms with Gasteiger partial charge < -0.3 is 10.0 Å². The van der Waals surface area contributed by atoms with E-state index in [1.165, 1.54) is 0 Å². The first-order valence-corrected chi connectivity index (χ1v) is 5.99. The van der Waals surface area contributed by atoms with Crippen molar-refractivity contribution in [2.45, 2.75) is 39.8 Å². The molecule has 0 amide bonds. The summed E-state index contributed by atoms with van der Waals surface area (Å²) in [6.45, 7) is 6.21. The summed E-state index contributed by atoms with van der Waals surface area (Å²) in [5.41, 5.74) is 0.424. The molecule has 1 aromatic heterocycles. The maximum absolute atomic E-state index is 11.1. The van der Waals surface area contributed by atoms with E-state index in [9.17, 15) is 15.2 Å². The van der Waals surface area contributed by atoms with Gasteiger partial charge in [0.05, 0.1) is 11.0 Å². The number of aryl methyl sites for hydroxylation is 2. The second-order valence-corrected chi connectivity index (χ2v) is 4.47. The molecule has 0 radical (unpaired) electrons. The van der Waals surface area contributed by atoms with Crippen LogP contribution in [-0.2, 0) is 6.54 Å². The largest absolute Gasteiger partial charge is 0.392 e. The molecule has 102 valence electrons. The average molecular weight is 256 g/mol. The van der Waals surface area contributed by atoms with Crippen molar-refractivity contribution in [3.8, 4) is 0 Å². The Hall–Kier alpha value is -1.63. The highest BCUT2D eigenvalue weighted by Gasteiger charge is 2.28. The second kappa shape index (κ2) is 5.81. The lowest BCUT2D eigenvalue weighted by atomic mass is 10.3. The average Bonchev–Trinajstić information content (AvgIpc) is 2.54. The summed E-state index contributed by atoms with van der Waals surface area (Å²) in [5.74, 6) is 0.459. The minimum atomic E-state index is -0.556. The molecule has 0 aliphatic carbocycles. The Kier molecular flexibility index (Phi) is 4.66. The van der Waals surface area contributed by atoms with Crippen LogP contribution >= 0.6 is 0 Å². The molecule has 1 aromatic rings. The molecule has 18 heavy (non-hydrogen) atoms. The minimum Gasteiger partial charge on any atom is -0.392 e. The van der Waals surface area contributed by atoms with E-state index in [1.54, 1.807) is 30.5 Å². The fraction of sp³-hybridized carbons (Fsp3) is 0.727. The molecule has 0 saturated carbocycles. The number of rotatable bonds is 6. The van der Waals surface area contributed by atoms with Gasteiger partial charge in [-0.1, -0.05) is 6.92 Å². The number of likely N-dealkylation sites (N-methyl/N-ethyl adjacent to an activating group) is 1. The van der Waals surface area contributed by atoms with Crippen molar-refractivity contribution in [3.63, 3.8) is 0 Å². The van der Waals surface area contributed by atoms with Crippen LogP contribution in [0, 0.1) is 17.0 Å². The molecular weight excluding hydrogens is 236 g/mol. The van der Waals surface area contributed by atoms with E-state index in [2.05, 4.69) is 5.10 Å². The predicted octanol–water partition coefficient (Wildman–Crippen LogP) is 1.33. The normalized spacial score (nSPS) is 12.5. The Morgan fingerprint density at radius 3 is 2.67 bits per heavy atom. The Morgan fingerprint density at radius 2 is 2.22 bits per heavy atom. The lowest BCUT2D eigenvalue weighted by molar-refractivity contribution is -0.384. The summed E-state index contributed by atoms with van der Waals surface area (Å²) in [5, 5.41) is 24.7. The summed E-state index contributed by atoms with van der Waals surface area (Å²) in [7, 11) is 1.72. The topological polar surface area (TPSA) is 84.4 Å². The summed E-state index contributed by atoms with van der Waals surface area (Å²) in [6.07, 6.45) is 0.285. The van der Waals surface area contributed by atoms with Gasteiger partial charge >= 0.3 is 5.69 Å². The van der Waals surface area contributed by atoms with E-state index in [-0.39, 0.29) is 5.69 Å². The highest BCUT2D eigenvalue weighted by molar-refractivity contribution is 5.61.